The van der Waals surface area contributed by atoms with Gasteiger partial charge >= 0.3 is 18.8 Å². The van der Waals surface area contributed by atoms with Crippen LogP contribution in [0, 0.1) is 5.92 Å². The second kappa shape index (κ2) is 13.7. The monoisotopic (exact) mass is 622 g/mol. The maximum atomic E-state index is 13.9. The molecule has 2 aromatic rings. The quantitative estimate of drug-likeness (QED) is 0.358. The first-order valence-electron chi connectivity index (χ1n) is 14.7. The number of nitrogens with one attached hydrogen (secondary N) is 1. The van der Waals surface area contributed by atoms with E-state index < -0.39 is 36.3 Å². The number of aromatic nitrogens is 1. The lowest BCUT2D eigenvalue weighted by atomic mass is 10.1. The van der Waals surface area contributed by atoms with Crippen LogP contribution in [0.1, 0.15) is 76.7 Å². The Hall–Kier alpha value is -4.10. The Balaban J connectivity index is 1.65. The number of amides is 3. The Bertz CT molecular complexity index is 1340. The molecular weight excluding hydrogens is 582 g/mol. The van der Waals surface area contributed by atoms with Crippen molar-refractivity contribution in [2.24, 2.45) is 5.92 Å². The van der Waals surface area contributed by atoms with E-state index in [0.717, 1.165) is 12.8 Å². The van der Waals surface area contributed by atoms with Gasteiger partial charge in [0.1, 0.15) is 5.60 Å². The predicted molar refractivity (Wildman–Crippen MR) is 154 cm³/mol. The average molecular weight is 623 g/mol. The van der Waals surface area contributed by atoms with Crippen molar-refractivity contribution in [2.75, 3.05) is 32.8 Å². The van der Waals surface area contributed by atoms with Crippen LogP contribution in [0.2, 0.25) is 0 Å². The highest BCUT2D eigenvalue weighted by Crippen LogP contribution is 2.37. The van der Waals surface area contributed by atoms with E-state index in [0.29, 0.717) is 18.1 Å². The number of ether oxygens (including phenoxy) is 4. The van der Waals surface area contributed by atoms with Crippen LogP contribution in [0.4, 0.5) is 18.4 Å². The van der Waals surface area contributed by atoms with Gasteiger partial charge in [0.15, 0.2) is 23.0 Å². The number of benzene rings is 1. The number of nitrogens with zero attached hydrogens (tertiary/aromatic N) is 3. The highest BCUT2D eigenvalue weighted by molar-refractivity contribution is 5.94. The van der Waals surface area contributed by atoms with Crippen LogP contribution in [-0.2, 0) is 9.47 Å². The Kier molecular flexibility index (Phi) is 10.2. The zero-order chi connectivity index (χ0) is 32.2. The second-order valence-corrected chi connectivity index (χ2v) is 11.9. The first-order chi connectivity index (χ1) is 20.8. The number of carbonyl (C=O) groups excluding carboxylic acids is 3. The Morgan fingerprint density at radius 3 is 2.50 bits per heavy atom. The van der Waals surface area contributed by atoms with Crippen LogP contribution in [0.3, 0.4) is 0 Å². The minimum atomic E-state index is -3.05. The summed E-state index contributed by atoms with van der Waals surface area (Å²) < 4.78 is 53.1. The van der Waals surface area contributed by atoms with Gasteiger partial charge in [0.25, 0.3) is 5.91 Å². The second-order valence-electron chi connectivity index (χ2n) is 11.9. The summed E-state index contributed by atoms with van der Waals surface area (Å²) in [4.78, 5) is 46.4. The lowest BCUT2D eigenvalue weighted by molar-refractivity contribution is -0.0515. The number of piperazine rings is 1. The van der Waals surface area contributed by atoms with Crippen molar-refractivity contribution >= 4 is 18.1 Å². The smallest absolute Gasteiger partial charge is 0.410 e. The normalized spacial score (nSPS) is 17.7. The molecule has 12 nitrogen and oxygen atoms in total. The lowest BCUT2D eigenvalue weighted by Crippen LogP contribution is -2.55. The van der Waals surface area contributed by atoms with Crippen molar-refractivity contribution in [1.82, 2.24) is 20.1 Å². The van der Waals surface area contributed by atoms with E-state index in [9.17, 15) is 23.2 Å². The number of halogens is 2. The fraction of sp³-hybridized carbons (Fsp3) is 0.600. The first kappa shape index (κ1) is 32.8. The molecule has 44 heavy (non-hydrogen) atoms. The van der Waals surface area contributed by atoms with Crippen molar-refractivity contribution in [2.45, 2.75) is 78.7 Å². The average Bonchev–Trinajstić information content (AvgIpc) is 3.66. The summed E-state index contributed by atoms with van der Waals surface area (Å²) in [7, 11) is 0. The third-order valence-corrected chi connectivity index (χ3v) is 6.98. The van der Waals surface area contributed by atoms with E-state index in [-0.39, 0.29) is 61.1 Å². The maximum Gasteiger partial charge on any atom is 0.410 e. The van der Waals surface area contributed by atoms with Gasteiger partial charge in [-0.1, -0.05) is 0 Å². The molecule has 1 saturated heterocycles. The summed E-state index contributed by atoms with van der Waals surface area (Å²) in [6, 6.07) is 3.10. The van der Waals surface area contributed by atoms with Gasteiger partial charge in [-0.25, -0.2) is 14.6 Å². The molecule has 1 N–H and O–H groups in total. The van der Waals surface area contributed by atoms with Gasteiger partial charge in [-0.15, -0.1) is 0 Å². The largest absolute Gasteiger partial charge is 0.489 e. The molecule has 0 bridgehead atoms. The van der Waals surface area contributed by atoms with Gasteiger partial charge in [-0.05, 0) is 78.5 Å². The lowest BCUT2D eigenvalue weighted by Gasteiger charge is -2.38. The third kappa shape index (κ3) is 8.50. The topological polar surface area (TPSA) is 133 Å². The highest BCUT2D eigenvalue weighted by atomic mass is 19.3. The molecule has 1 aromatic carbocycles. The van der Waals surface area contributed by atoms with E-state index in [4.69, 9.17) is 18.6 Å². The zero-order valence-electron chi connectivity index (χ0n) is 25.9. The Labute approximate surface area is 254 Å². The molecule has 0 spiro atoms. The van der Waals surface area contributed by atoms with Crippen molar-refractivity contribution in [3.63, 3.8) is 0 Å². The molecule has 2 fully saturated rings. The molecule has 0 radical (unpaired) electrons. The summed E-state index contributed by atoms with van der Waals surface area (Å²) in [5.41, 5.74) is -0.459. The highest BCUT2D eigenvalue weighted by Gasteiger charge is 2.35. The number of rotatable bonds is 10. The molecule has 1 aliphatic carbocycles. The molecule has 2 atom stereocenters. The molecule has 14 heteroatoms. The molecule has 2 heterocycles. The van der Waals surface area contributed by atoms with Crippen LogP contribution < -0.4 is 14.8 Å². The number of carbonyl (C=O) groups is 3. The van der Waals surface area contributed by atoms with E-state index in [2.05, 4.69) is 15.0 Å². The zero-order valence-corrected chi connectivity index (χ0v) is 25.9. The molecule has 0 unspecified atom stereocenters. The van der Waals surface area contributed by atoms with E-state index in [1.165, 1.54) is 18.2 Å². The van der Waals surface area contributed by atoms with Crippen LogP contribution in [-0.4, -0.2) is 84.0 Å². The number of alkyl carbamates (subject to hydrolysis) is 1. The molecule has 2 aliphatic rings. The molecule has 1 aliphatic heterocycles. The Morgan fingerprint density at radius 2 is 1.89 bits per heavy atom. The van der Waals surface area contributed by atoms with Crippen LogP contribution in [0.5, 0.6) is 11.5 Å². The third-order valence-electron chi connectivity index (χ3n) is 6.98. The van der Waals surface area contributed by atoms with Gasteiger partial charge in [0.05, 0.1) is 19.3 Å². The van der Waals surface area contributed by atoms with Gasteiger partial charge in [0, 0.05) is 31.2 Å². The number of hydrogen-bond donors (Lipinski definition) is 1. The van der Waals surface area contributed by atoms with Crippen LogP contribution >= 0.6 is 0 Å². The minimum Gasteiger partial charge on any atom is -0.489 e. The summed E-state index contributed by atoms with van der Waals surface area (Å²) >= 11 is 0. The fourth-order valence-corrected chi connectivity index (χ4v) is 4.66. The number of alkyl halides is 2. The van der Waals surface area contributed by atoms with Crippen LogP contribution in [0.15, 0.2) is 22.6 Å². The van der Waals surface area contributed by atoms with Gasteiger partial charge in [-0.3, -0.25) is 4.79 Å². The molecule has 1 saturated carbocycles. The summed E-state index contributed by atoms with van der Waals surface area (Å²) in [6.07, 6.45) is 0.816. The summed E-state index contributed by atoms with van der Waals surface area (Å²) in [5, 5.41) is 2.68. The SMILES string of the molecule is CCOC(=O)N1CCN(C(=O)c2nc(-c3ccc(OC(F)F)c(OCC4CC4)c3)oc2[C@H](C)NC(=O)OC(C)(C)C)C[C@H]1C. The molecule has 3 amide bonds. The van der Waals surface area contributed by atoms with Gasteiger partial charge in [0.2, 0.25) is 5.89 Å². The maximum absolute atomic E-state index is 13.9. The van der Waals surface area contributed by atoms with Crippen molar-refractivity contribution in [3.8, 4) is 23.0 Å². The molecule has 4 rings (SSSR count). The first-order valence-corrected chi connectivity index (χ1v) is 14.7. The van der Waals surface area contributed by atoms with Gasteiger partial charge in [-0.2, -0.15) is 8.78 Å². The van der Waals surface area contributed by atoms with E-state index >= 15 is 0 Å². The van der Waals surface area contributed by atoms with Gasteiger partial charge < -0.3 is 38.5 Å². The van der Waals surface area contributed by atoms with Crippen molar-refractivity contribution in [3.05, 3.63) is 29.7 Å². The standard InChI is InChI=1S/C30H40F2N4O8/c1-7-40-29(39)36-13-12-35(15-17(36)2)26(37)23-24(18(3)33-28(38)44-30(4,5)6)43-25(34-23)20-10-11-21(42-27(31)32)22(14-20)41-16-19-8-9-19/h10-11,14,17-19,27H,7-9,12-13,15-16H2,1-6H3,(H,33,38)/t17-,18+/m1/s1. The Morgan fingerprint density at radius 1 is 1.16 bits per heavy atom. The van der Waals surface area contributed by atoms with E-state index in [1.54, 1.807) is 44.4 Å². The molecular formula is C30H40F2N4O8. The summed E-state index contributed by atoms with van der Waals surface area (Å²) in [6.45, 7) is 8.54. The fourth-order valence-electron chi connectivity index (χ4n) is 4.66. The van der Waals surface area contributed by atoms with Crippen LogP contribution in [0.25, 0.3) is 11.5 Å². The van der Waals surface area contributed by atoms with Crippen molar-refractivity contribution < 1.29 is 46.5 Å². The predicted octanol–water partition coefficient (Wildman–Crippen LogP) is 5.62. The molecule has 242 valence electrons. The van der Waals surface area contributed by atoms with Crippen molar-refractivity contribution in [1.29, 1.82) is 0 Å². The number of oxazole rings is 1. The van der Waals surface area contributed by atoms with E-state index in [1.807, 2.05) is 6.92 Å². The minimum absolute atomic E-state index is 0.0132. The molecule has 1 aromatic heterocycles. The summed E-state index contributed by atoms with van der Waals surface area (Å²) in [5.74, 6) is -0.0795. The number of hydrogen-bond acceptors (Lipinski definition) is 9.